The minimum atomic E-state index is -0.0609. The van der Waals surface area contributed by atoms with Crippen LogP contribution in [0.3, 0.4) is 0 Å². The lowest BCUT2D eigenvalue weighted by Crippen LogP contribution is -2.44. The van der Waals surface area contributed by atoms with E-state index in [4.69, 9.17) is 0 Å². The van der Waals surface area contributed by atoms with Gasteiger partial charge in [-0.2, -0.15) is 0 Å². The minimum absolute atomic E-state index is 0.0609. The maximum absolute atomic E-state index is 11.4. The molecule has 1 aromatic rings. The largest absolute Gasteiger partial charge is 0.339 e. The zero-order valence-corrected chi connectivity index (χ0v) is 8.92. The summed E-state index contributed by atoms with van der Waals surface area (Å²) in [4.78, 5) is 20.6. The molecule has 0 fully saturated rings. The van der Waals surface area contributed by atoms with E-state index < -0.39 is 0 Å². The Hall–Kier alpha value is -1.52. The van der Waals surface area contributed by atoms with Crippen molar-refractivity contribution in [1.82, 2.24) is 15.3 Å². The summed E-state index contributed by atoms with van der Waals surface area (Å²) in [6, 6.07) is 0. The Balaban J connectivity index is 2.04. The number of unbranched alkanes of at least 4 members (excludes halogenated alkanes) is 2. The third kappa shape index (κ3) is 1.95. The van der Waals surface area contributed by atoms with Crippen molar-refractivity contribution in [2.75, 3.05) is 18.1 Å². The van der Waals surface area contributed by atoms with Crippen molar-refractivity contribution in [2.24, 2.45) is 0 Å². The summed E-state index contributed by atoms with van der Waals surface area (Å²) in [5.41, 5.74) is 0.581. The fourth-order valence-electron chi connectivity index (χ4n) is 1.76. The smallest absolute Gasteiger partial charge is 0.272 e. The Morgan fingerprint density at radius 3 is 3.20 bits per heavy atom. The molecule has 1 amide bonds. The quantitative estimate of drug-likeness (QED) is 0.728. The maximum atomic E-state index is 11.4. The van der Waals surface area contributed by atoms with Gasteiger partial charge in [0.05, 0.1) is 13.0 Å². The van der Waals surface area contributed by atoms with Gasteiger partial charge >= 0.3 is 0 Å². The number of nitrogens with zero attached hydrogens (tertiary/aromatic N) is 2. The lowest BCUT2D eigenvalue weighted by atomic mass is 10.2. The number of hydrogen-bond acceptors (Lipinski definition) is 3. The molecule has 1 aromatic heterocycles. The molecule has 1 aliphatic heterocycles. The molecule has 2 rings (SSSR count). The number of nitrogens with one attached hydrogen (secondary N) is 2. The summed E-state index contributed by atoms with van der Waals surface area (Å²) >= 11 is 0. The first-order chi connectivity index (χ1) is 7.33. The number of hydrogen-bond donors (Lipinski definition) is 2. The van der Waals surface area contributed by atoms with Crippen LogP contribution < -0.4 is 10.2 Å². The monoisotopic (exact) mass is 208 g/mol. The SMILES string of the molecule is CCCCCN1CNC(=O)c2[nH]cnc21. The zero-order valence-electron chi connectivity index (χ0n) is 8.92. The Labute approximate surface area is 88.9 Å². The molecule has 0 saturated heterocycles. The van der Waals surface area contributed by atoms with Gasteiger partial charge in [0.1, 0.15) is 5.69 Å². The van der Waals surface area contributed by atoms with Crippen LogP contribution in [0, 0.1) is 0 Å². The van der Waals surface area contributed by atoms with Gasteiger partial charge in [-0.3, -0.25) is 4.79 Å². The van der Waals surface area contributed by atoms with Gasteiger partial charge in [-0.15, -0.1) is 0 Å². The molecule has 0 saturated carbocycles. The van der Waals surface area contributed by atoms with Gasteiger partial charge < -0.3 is 15.2 Å². The Kier molecular flexibility index (Phi) is 2.89. The normalized spacial score (nSPS) is 15.0. The Morgan fingerprint density at radius 1 is 1.53 bits per heavy atom. The van der Waals surface area contributed by atoms with Crippen molar-refractivity contribution in [3.8, 4) is 0 Å². The van der Waals surface area contributed by atoms with Gasteiger partial charge in [-0.05, 0) is 6.42 Å². The molecule has 5 heteroatoms. The second-order valence-corrected chi connectivity index (χ2v) is 3.74. The van der Waals surface area contributed by atoms with E-state index in [-0.39, 0.29) is 5.91 Å². The van der Waals surface area contributed by atoms with Crippen molar-refractivity contribution in [3.05, 3.63) is 12.0 Å². The molecule has 0 atom stereocenters. The summed E-state index contributed by atoms with van der Waals surface area (Å²) in [5.74, 6) is 0.726. The van der Waals surface area contributed by atoms with Crippen LogP contribution in [0.4, 0.5) is 5.82 Å². The first kappa shape index (κ1) is 10.0. The molecule has 2 N–H and O–H groups in total. The third-order valence-electron chi connectivity index (χ3n) is 2.61. The Morgan fingerprint density at radius 2 is 2.40 bits per heavy atom. The van der Waals surface area contributed by atoms with Crippen LogP contribution in [0.1, 0.15) is 36.7 Å². The van der Waals surface area contributed by atoms with E-state index in [1.165, 1.54) is 12.8 Å². The van der Waals surface area contributed by atoms with Gasteiger partial charge in [-0.1, -0.05) is 19.8 Å². The molecule has 0 aromatic carbocycles. The lowest BCUT2D eigenvalue weighted by Gasteiger charge is -2.27. The number of fused-ring (bicyclic) bond motifs is 1. The highest BCUT2D eigenvalue weighted by molar-refractivity contribution is 5.98. The van der Waals surface area contributed by atoms with E-state index in [1.807, 2.05) is 0 Å². The van der Waals surface area contributed by atoms with Crippen LogP contribution in [0.15, 0.2) is 6.33 Å². The number of rotatable bonds is 4. The lowest BCUT2D eigenvalue weighted by molar-refractivity contribution is 0.0943. The Bertz CT molecular complexity index is 347. The average molecular weight is 208 g/mol. The molecule has 0 unspecified atom stereocenters. The van der Waals surface area contributed by atoms with Gasteiger partial charge in [-0.25, -0.2) is 4.98 Å². The molecule has 15 heavy (non-hydrogen) atoms. The van der Waals surface area contributed by atoms with Crippen LogP contribution in [0.5, 0.6) is 0 Å². The van der Waals surface area contributed by atoms with Crippen molar-refractivity contribution < 1.29 is 4.79 Å². The number of H-pyrrole nitrogens is 1. The highest BCUT2D eigenvalue weighted by Gasteiger charge is 2.24. The highest BCUT2D eigenvalue weighted by atomic mass is 16.2. The van der Waals surface area contributed by atoms with Gasteiger partial charge in [0.2, 0.25) is 0 Å². The van der Waals surface area contributed by atoms with E-state index in [1.54, 1.807) is 6.33 Å². The predicted molar refractivity (Wildman–Crippen MR) is 57.8 cm³/mol. The van der Waals surface area contributed by atoms with Crippen LogP contribution in [0.25, 0.3) is 0 Å². The molecule has 1 aliphatic rings. The third-order valence-corrected chi connectivity index (χ3v) is 2.61. The van der Waals surface area contributed by atoms with Crippen molar-refractivity contribution in [1.29, 1.82) is 0 Å². The fourth-order valence-corrected chi connectivity index (χ4v) is 1.76. The molecule has 5 nitrogen and oxygen atoms in total. The summed E-state index contributed by atoms with van der Waals surface area (Å²) in [7, 11) is 0. The summed E-state index contributed by atoms with van der Waals surface area (Å²) in [5, 5.41) is 2.82. The van der Waals surface area contributed by atoms with Crippen molar-refractivity contribution in [2.45, 2.75) is 26.2 Å². The summed E-state index contributed by atoms with van der Waals surface area (Å²) in [6.45, 7) is 3.70. The second-order valence-electron chi connectivity index (χ2n) is 3.74. The summed E-state index contributed by atoms with van der Waals surface area (Å²) < 4.78 is 0. The second kappa shape index (κ2) is 4.33. The number of carbonyl (C=O) groups is 1. The van der Waals surface area contributed by atoms with Crippen molar-refractivity contribution in [3.63, 3.8) is 0 Å². The zero-order chi connectivity index (χ0) is 10.7. The van der Waals surface area contributed by atoms with E-state index >= 15 is 0 Å². The van der Waals surface area contributed by atoms with E-state index in [0.717, 1.165) is 18.8 Å². The molecule has 82 valence electrons. The van der Waals surface area contributed by atoms with Crippen LogP contribution in [-0.2, 0) is 0 Å². The number of anilines is 1. The predicted octanol–water partition coefficient (Wildman–Crippen LogP) is 1.11. The molecule has 2 heterocycles. The van der Waals surface area contributed by atoms with E-state index in [9.17, 15) is 4.79 Å². The van der Waals surface area contributed by atoms with Gasteiger partial charge in [0.15, 0.2) is 5.82 Å². The summed E-state index contributed by atoms with van der Waals surface area (Å²) in [6.07, 6.45) is 5.12. The first-order valence-electron chi connectivity index (χ1n) is 5.39. The maximum Gasteiger partial charge on any atom is 0.272 e. The van der Waals surface area contributed by atoms with Crippen molar-refractivity contribution >= 4 is 11.7 Å². The van der Waals surface area contributed by atoms with Crippen LogP contribution in [0.2, 0.25) is 0 Å². The number of amides is 1. The topological polar surface area (TPSA) is 61.0 Å². The highest BCUT2D eigenvalue weighted by Crippen LogP contribution is 2.19. The standard InChI is InChI=1S/C10H16N4O/c1-2-3-4-5-14-7-13-10(15)8-9(14)12-6-11-8/h6H,2-5,7H2,1H3,(H,11,12)(H,13,15). The molecule has 0 spiro atoms. The fraction of sp³-hybridized carbons (Fsp3) is 0.600. The minimum Gasteiger partial charge on any atom is -0.339 e. The van der Waals surface area contributed by atoms with Crippen LogP contribution in [-0.4, -0.2) is 29.1 Å². The van der Waals surface area contributed by atoms with Gasteiger partial charge in [0.25, 0.3) is 5.91 Å². The number of carbonyl (C=O) groups excluding carboxylic acids is 1. The number of aromatic amines is 1. The molecular weight excluding hydrogens is 192 g/mol. The van der Waals surface area contributed by atoms with Crippen LogP contribution >= 0.6 is 0 Å². The van der Waals surface area contributed by atoms with E-state index in [0.29, 0.717) is 12.4 Å². The number of imidazole rings is 1. The molecule has 0 bridgehead atoms. The molecular formula is C10H16N4O. The van der Waals surface area contributed by atoms with E-state index in [2.05, 4.69) is 27.1 Å². The average Bonchev–Trinajstić information content (AvgIpc) is 2.71. The molecule has 0 radical (unpaired) electrons. The first-order valence-corrected chi connectivity index (χ1v) is 5.39. The number of aromatic nitrogens is 2. The van der Waals surface area contributed by atoms with Gasteiger partial charge in [0, 0.05) is 6.54 Å². The molecule has 0 aliphatic carbocycles.